The highest BCUT2D eigenvalue weighted by molar-refractivity contribution is 7.17. The molecule has 2 aliphatic heterocycles. The number of ether oxygens (including phenoxy) is 1. The highest BCUT2D eigenvalue weighted by Crippen LogP contribution is 2.40. The van der Waals surface area contributed by atoms with Crippen LogP contribution in [0.15, 0.2) is 36.7 Å². The van der Waals surface area contributed by atoms with E-state index < -0.39 is 0 Å². The first-order valence-electron chi connectivity index (χ1n) is 9.49. The van der Waals surface area contributed by atoms with Gasteiger partial charge in [0.1, 0.15) is 5.75 Å². The van der Waals surface area contributed by atoms with E-state index in [9.17, 15) is 4.79 Å². The van der Waals surface area contributed by atoms with Crippen molar-refractivity contribution >= 4 is 40.2 Å². The maximum Gasteiger partial charge on any atom is 0.269 e. The summed E-state index contributed by atoms with van der Waals surface area (Å²) in [6.45, 7) is 2.63. The summed E-state index contributed by atoms with van der Waals surface area (Å²) in [5.74, 6) is 1.40. The molecule has 3 aromatic rings. The second-order valence-electron chi connectivity index (χ2n) is 7.13. The second-order valence-corrected chi connectivity index (χ2v) is 8.62. The van der Waals surface area contributed by atoms with Gasteiger partial charge in [0, 0.05) is 37.2 Å². The minimum Gasteiger partial charge on any atom is -0.495 e. The largest absolute Gasteiger partial charge is 0.495 e. The SMILES string of the molecule is COc1cc(N2Cc3cc(-c4ncc(Cl)cn4)sc3C2=O)ccc1N1CCCC1. The number of carbonyl (C=O) groups excluding carboxylic acids is 1. The predicted molar refractivity (Wildman–Crippen MR) is 115 cm³/mol. The Morgan fingerprint density at radius 2 is 1.90 bits per heavy atom. The van der Waals surface area contributed by atoms with E-state index in [2.05, 4.69) is 20.9 Å². The highest BCUT2D eigenvalue weighted by Gasteiger charge is 2.32. The van der Waals surface area contributed by atoms with E-state index in [1.807, 2.05) is 18.2 Å². The van der Waals surface area contributed by atoms with E-state index in [4.69, 9.17) is 16.3 Å². The van der Waals surface area contributed by atoms with Gasteiger partial charge in [0.15, 0.2) is 5.82 Å². The first-order valence-corrected chi connectivity index (χ1v) is 10.7. The van der Waals surface area contributed by atoms with Crippen molar-refractivity contribution in [3.63, 3.8) is 0 Å². The molecule has 0 radical (unpaired) electrons. The number of nitrogens with zero attached hydrogens (tertiary/aromatic N) is 4. The van der Waals surface area contributed by atoms with Crippen LogP contribution in [0.2, 0.25) is 5.02 Å². The third kappa shape index (κ3) is 3.24. The van der Waals surface area contributed by atoms with Gasteiger partial charge >= 0.3 is 0 Å². The van der Waals surface area contributed by atoms with Crippen molar-refractivity contribution in [3.8, 4) is 16.5 Å². The second kappa shape index (κ2) is 7.31. The summed E-state index contributed by atoms with van der Waals surface area (Å²) in [7, 11) is 1.68. The average Bonchev–Trinajstić information content (AvgIpc) is 3.46. The van der Waals surface area contributed by atoms with Crippen LogP contribution in [0.25, 0.3) is 10.7 Å². The molecule has 6 nitrogen and oxygen atoms in total. The van der Waals surface area contributed by atoms with Crippen molar-refractivity contribution in [1.82, 2.24) is 9.97 Å². The third-order valence-corrected chi connectivity index (χ3v) is 6.70. The minimum absolute atomic E-state index is 0.00110. The Kier molecular flexibility index (Phi) is 4.64. The quantitative estimate of drug-likeness (QED) is 0.608. The molecule has 29 heavy (non-hydrogen) atoms. The van der Waals surface area contributed by atoms with Crippen LogP contribution >= 0.6 is 22.9 Å². The molecule has 0 N–H and O–H groups in total. The van der Waals surface area contributed by atoms with Crippen molar-refractivity contribution in [2.24, 2.45) is 0 Å². The Morgan fingerprint density at radius 1 is 1.14 bits per heavy atom. The number of amides is 1. The zero-order valence-corrected chi connectivity index (χ0v) is 17.5. The summed E-state index contributed by atoms with van der Waals surface area (Å²) in [6.07, 6.45) is 5.54. The number of hydrogen-bond acceptors (Lipinski definition) is 6. The van der Waals surface area contributed by atoms with Crippen LogP contribution in [0.5, 0.6) is 5.75 Å². The number of benzene rings is 1. The van der Waals surface area contributed by atoms with Gasteiger partial charge in [0.05, 0.1) is 34.1 Å². The van der Waals surface area contributed by atoms with Crippen LogP contribution < -0.4 is 14.5 Å². The summed E-state index contributed by atoms with van der Waals surface area (Å²) in [5, 5.41) is 0.492. The first kappa shape index (κ1) is 18.4. The maximum absolute atomic E-state index is 13.1. The lowest BCUT2D eigenvalue weighted by atomic mass is 10.2. The number of anilines is 2. The Bertz CT molecular complexity index is 1080. The van der Waals surface area contributed by atoms with Gasteiger partial charge in [-0.25, -0.2) is 9.97 Å². The van der Waals surface area contributed by atoms with Gasteiger partial charge < -0.3 is 14.5 Å². The van der Waals surface area contributed by atoms with Crippen LogP contribution in [0, 0.1) is 0 Å². The van der Waals surface area contributed by atoms with Gasteiger partial charge in [0.2, 0.25) is 0 Å². The summed E-state index contributed by atoms with van der Waals surface area (Å²) >= 11 is 7.29. The Balaban J connectivity index is 1.41. The molecular weight excluding hydrogens is 408 g/mol. The molecule has 0 unspecified atom stereocenters. The van der Waals surface area contributed by atoms with Gasteiger partial charge in [-0.05, 0) is 36.6 Å². The number of methoxy groups -OCH3 is 1. The molecule has 8 heteroatoms. The fraction of sp³-hybridized carbons (Fsp3) is 0.286. The number of rotatable bonds is 4. The van der Waals surface area contributed by atoms with Gasteiger partial charge in [-0.1, -0.05) is 11.6 Å². The fourth-order valence-corrected chi connectivity index (χ4v) is 5.07. The molecule has 0 spiro atoms. The Morgan fingerprint density at radius 3 is 2.59 bits per heavy atom. The normalized spacial score (nSPS) is 15.9. The topological polar surface area (TPSA) is 58.6 Å². The highest BCUT2D eigenvalue weighted by atomic mass is 35.5. The summed E-state index contributed by atoms with van der Waals surface area (Å²) in [6, 6.07) is 8.03. The molecule has 1 amide bonds. The first-order chi connectivity index (χ1) is 14.1. The zero-order valence-electron chi connectivity index (χ0n) is 15.9. The lowest BCUT2D eigenvalue weighted by molar-refractivity contribution is 0.1000. The summed E-state index contributed by atoms with van der Waals surface area (Å²) in [4.78, 5) is 27.3. The van der Waals surface area contributed by atoms with Crippen LogP contribution in [-0.4, -0.2) is 36.1 Å². The maximum atomic E-state index is 13.1. The van der Waals surface area contributed by atoms with Crippen molar-refractivity contribution in [2.75, 3.05) is 30.0 Å². The summed E-state index contributed by atoms with van der Waals surface area (Å²) < 4.78 is 5.63. The van der Waals surface area contributed by atoms with Crippen LogP contribution in [0.3, 0.4) is 0 Å². The molecule has 5 rings (SSSR count). The predicted octanol–water partition coefficient (Wildman–Crippen LogP) is 4.63. The van der Waals surface area contributed by atoms with Crippen LogP contribution in [0.4, 0.5) is 11.4 Å². The van der Waals surface area contributed by atoms with Crippen LogP contribution in [-0.2, 0) is 6.54 Å². The number of thiophene rings is 1. The molecule has 1 saturated heterocycles. The minimum atomic E-state index is 0.00110. The lowest BCUT2D eigenvalue weighted by Crippen LogP contribution is -2.23. The molecule has 2 aromatic heterocycles. The number of hydrogen-bond donors (Lipinski definition) is 0. The summed E-state index contributed by atoms with van der Waals surface area (Å²) in [5.41, 5.74) is 2.94. The van der Waals surface area contributed by atoms with E-state index in [-0.39, 0.29) is 5.91 Å². The van der Waals surface area contributed by atoms with Crippen LogP contribution in [0.1, 0.15) is 28.1 Å². The Labute approximate surface area is 177 Å². The lowest BCUT2D eigenvalue weighted by Gasteiger charge is -2.23. The van der Waals surface area contributed by atoms with Gasteiger partial charge in [-0.15, -0.1) is 11.3 Å². The molecule has 148 valence electrons. The molecule has 4 heterocycles. The van der Waals surface area contributed by atoms with Crippen molar-refractivity contribution in [1.29, 1.82) is 0 Å². The zero-order chi connectivity index (χ0) is 20.0. The Hall–Kier alpha value is -2.64. The molecular formula is C21H19ClN4O2S. The number of aromatic nitrogens is 2. The molecule has 0 atom stereocenters. The average molecular weight is 427 g/mol. The van der Waals surface area contributed by atoms with Crippen molar-refractivity contribution in [2.45, 2.75) is 19.4 Å². The standard InChI is InChI=1S/C21H19ClN4O2S/c1-28-17-9-15(4-5-16(17)25-6-2-3-7-25)26-12-13-8-18(29-19(13)21(26)27)20-23-10-14(22)11-24-20/h4-5,8-11H,2-3,6-7,12H2,1H3. The van der Waals surface area contributed by atoms with Gasteiger partial charge in [0.25, 0.3) is 5.91 Å². The molecule has 0 aliphatic carbocycles. The third-order valence-electron chi connectivity index (χ3n) is 5.34. The molecule has 1 aromatic carbocycles. The van der Waals surface area contributed by atoms with E-state index in [1.165, 1.54) is 24.2 Å². The molecule has 2 aliphatic rings. The van der Waals surface area contributed by atoms with E-state index in [1.54, 1.807) is 24.4 Å². The number of carbonyl (C=O) groups is 1. The molecule has 0 bridgehead atoms. The van der Waals surface area contributed by atoms with E-state index >= 15 is 0 Å². The molecule has 1 fully saturated rings. The smallest absolute Gasteiger partial charge is 0.269 e. The monoisotopic (exact) mass is 426 g/mol. The van der Waals surface area contributed by atoms with Gasteiger partial charge in [-0.3, -0.25) is 4.79 Å². The molecule has 0 saturated carbocycles. The van der Waals surface area contributed by atoms with E-state index in [0.29, 0.717) is 17.4 Å². The number of fused-ring (bicyclic) bond motifs is 1. The number of halogens is 1. The van der Waals surface area contributed by atoms with Crippen molar-refractivity contribution in [3.05, 3.63) is 52.1 Å². The van der Waals surface area contributed by atoms with Gasteiger partial charge in [-0.2, -0.15) is 0 Å². The fourth-order valence-electron chi connectivity index (χ4n) is 3.90. The van der Waals surface area contributed by atoms with E-state index in [0.717, 1.165) is 45.5 Å². The van der Waals surface area contributed by atoms with Crippen molar-refractivity contribution < 1.29 is 9.53 Å².